The van der Waals surface area contributed by atoms with Gasteiger partial charge in [-0.2, -0.15) is 0 Å². The van der Waals surface area contributed by atoms with E-state index in [2.05, 4.69) is 10.2 Å². The van der Waals surface area contributed by atoms with Crippen LogP contribution in [0.3, 0.4) is 0 Å². The van der Waals surface area contributed by atoms with E-state index in [-0.39, 0.29) is 5.82 Å². The maximum Gasteiger partial charge on any atom is 0.165 e. The number of hydrogen-bond donors (Lipinski definition) is 1. The third-order valence-electron chi connectivity index (χ3n) is 4.09. The zero-order valence-electron chi connectivity index (χ0n) is 11.4. The molecular formula is C15H21FN2O. The molecule has 2 fully saturated rings. The lowest BCUT2D eigenvalue weighted by Gasteiger charge is -2.16. The number of likely N-dealkylation sites (tertiary alicyclic amines) is 1. The molecule has 3 nitrogen and oxygen atoms in total. The predicted molar refractivity (Wildman–Crippen MR) is 72.8 cm³/mol. The van der Waals surface area contributed by atoms with E-state index in [0.717, 1.165) is 24.7 Å². The zero-order valence-corrected chi connectivity index (χ0v) is 11.4. The Balaban J connectivity index is 1.50. The maximum absolute atomic E-state index is 13.6. The summed E-state index contributed by atoms with van der Waals surface area (Å²) in [7, 11) is 1.49. The van der Waals surface area contributed by atoms with Crippen molar-refractivity contribution in [3.8, 4) is 5.75 Å². The molecule has 4 heteroatoms. The van der Waals surface area contributed by atoms with Gasteiger partial charge in [0.05, 0.1) is 7.11 Å². The third kappa shape index (κ3) is 3.07. The number of ether oxygens (including phenoxy) is 1. The van der Waals surface area contributed by atoms with Gasteiger partial charge in [-0.15, -0.1) is 0 Å². The molecule has 1 saturated carbocycles. The van der Waals surface area contributed by atoms with Crippen molar-refractivity contribution in [3.05, 3.63) is 29.6 Å². The normalized spacial score (nSPS) is 23.8. The van der Waals surface area contributed by atoms with E-state index < -0.39 is 0 Å². The number of methoxy groups -OCH3 is 1. The van der Waals surface area contributed by atoms with E-state index in [1.807, 2.05) is 6.07 Å². The van der Waals surface area contributed by atoms with Crippen molar-refractivity contribution in [1.29, 1.82) is 0 Å². The lowest BCUT2D eigenvalue weighted by atomic mass is 10.2. The molecule has 1 aromatic rings. The lowest BCUT2D eigenvalue weighted by molar-refractivity contribution is 0.317. The van der Waals surface area contributed by atoms with Gasteiger partial charge in [-0.1, -0.05) is 6.07 Å². The summed E-state index contributed by atoms with van der Waals surface area (Å²) in [5.74, 6) is 0.0253. The summed E-state index contributed by atoms with van der Waals surface area (Å²) in [4.78, 5) is 2.58. The van der Waals surface area contributed by atoms with E-state index in [9.17, 15) is 4.39 Å². The number of nitrogens with one attached hydrogen (secondary N) is 1. The highest BCUT2D eigenvalue weighted by molar-refractivity contribution is 5.29. The highest BCUT2D eigenvalue weighted by Gasteiger charge is 2.33. The Morgan fingerprint density at radius 2 is 2.21 bits per heavy atom. The van der Waals surface area contributed by atoms with Gasteiger partial charge in [0, 0.05) is 31.7 Å². The highest BCUT2D eigenvalue weighted by Crippen LogP contribution is 2.29. The van der Waals surface area contributed by atoms with E-state index in [1.54, 1.807) is 12.1 Å². The van der Waals surface area contributed by atoms with Crippen LogP contribution in [0.5, 0.6) is 5.75 Å². The van der Waals surface area contributed by atoms with Crippen LogP contribution in [0.2, 0.25) is 0 Å². The van der Waals surface area contributed by atoms with Crippen LogP contribution in [0.15, 0.2) is 18.2 Å². The molecule has 104 valence electrons. The van der Waals surface area contributed by atoms with Crippen LogP contribution in [0, 0.1) is 5.82 Å². The average Bonchev–Trinajstić information content (AvgIpc) is 3.16. The Hall–Kier alpha value is -1.13. The van der Waals surface area contributed by atoms with Crippen molar-refractivity contribution in [2.45, 2.75) is 37.9 Å². The second kappa shape index (κ2) is 5.47. The van der Waals surface area contributed by atoms with E-state index >= 15 is 0 Å². The first-order valence-corrected chi connectivity index (χ1v) is 7.06. The summed E-state index contributed by atoms with van der Waals surface area (Å²) in [6.45, 7) is 3.08. The Morgan fingerprint density at radius 1 is 1.37 bits per heavy atom. The van der Waals surface area contributed by atoms with Crippen molar-refractivity contribution in [2.24, 2.45) is 0 Å². The fourth-order valence-electron chi connectivity index (χ4n) is 2.81. The molecule has 0 radical (unpaired) electrons. The van der Waals surface area contributed by atoms with E-state index in [4.69, 9.17) is 4.74 Å². The summed E-state index contributed by atoms with van der Waals surface area (Å²) in [5.41, 5.74) is 0.975. The Labute approximate surface area is 113 Å². The second-order valence-corrected chi connectivity index (χ2v) is 5.56. The molecule has 1 atom stereocenters. The Morgan fingerprint density at radius 3 is 2.89 bits per heavy atom. The molecule has 1 aliphatic heterocycles. The van der Waals surface area contributed by atoms with Crippen molar-refractivity contribution < 1.29 is 9.13 Å². The fourth-order valence-corrected chi connectivity index (χ4v) is 2.81. The largest absolute Gasteiger partial charge is 0.494 e. The number of rotatable bonds is 5. The van der Waals surface area contributed by atoms with E-state index in [1.165, 1.54) is 32.9 Å². The van der Waals surface area contributed by atoms with Gasteiger partial charge >= 0.3 is 0 Å². The summed E-state index contributed by atoms with van der Waals surface area (Å²) in [5, 5.41) is 3.53. The molecule has 1 saturated heterocycles. The Kier molecular flexibility index (Phi) is 3.71. The maximum atomic E-state index is 13.6. The molecule has 19 heavy (non-hydrogen) atoms. The van der Waals surface area contributed by atoms with Crippen LogP contribution in [-0.4, -0.2) is 37.2 Å². The van der Waals surface area contributed by atoms with E-state index in [0.29, 0.717) is 11.8 Å². The smallest absolute Gasteiger partial charge is 0.165 e. The number of halogens is 1. The number of nitrogens with zero attached hydrogens (tertiary/aromatic N) is 1. The van der Waals surface area contributed by atoms with Gasteiger partial charge in [-0.3, -0.25) is 4.90 Å². The standard InChI is InChI=1S/C15H21FN2O/c1-19-15-5-2-11(8-14(15)16)9-17-12-6-7-18(10-12)13-3-4-13/h2,5,8,12-13,17H,3-4,6-7,9-10H2,1H3. The van der Waals surface area contributed by atoms with Crippen molar-refractivity contribution in [1.82, 2.24) is 10.2 Å². The summed E-state index contributed by atoms with van der Waals surface area (Å²) in [6, 6.07) is 6.57. The topological polar surface area (TPSA) is 24.5 Å². The van der Waals surface area contributed by atoms with Crippen LogP contribution in [-0.2, 0) is 6.54 Å². The average molecular weight is 264 g/mol. The van der Waals surface area contributed by atoms with Crippen LogP contribution in [0.4, 0.5) is 4.39 Å². The van der Waals surface area contributed by atoms with Crippen LogP contribution < -0.4 is 10.1 Å². The Bertz CT molecular complexity index is 448. The third-order valence-corrected chi connectivity index (χ3v) is 4.09. The molecule has 0 bridgehead atoms. The van der Waals surface area contributed by atoms with Crippen LogP contribution >= 0.6 is 0 Å². The van der Waals surface area contributed by atoms with Crippen LogP contribution in [0.25, 0.3) is 0 Å². The quantitative estimate of drug-likeness (QED) is 0.882. The van der Waals surface area contributed by atoms with Crippen molar-refractivity contribution in [3.63, 3.8) is 0 Å². The number of benzene rings is 1. The van der Waals surface area contributed by atoms with Gasteiger partial charge in [0.1, 0.15) is 0 Å². The molecule has 0 spiro atoms. The van der Waals surface area contributed by atoms with Gasteiger partial charge in [0.15, 0.2) is 11.6 Å². The second-order valence-electron chi connectivity index (χ2n) is 5.56. The summed E-state index contributed by atoms with van der Waals surface area (Å²) in [6.07, 6.45) is 3.95. The van der Waals surface area contributed by atoms with Crippen molar-refractivity contribution >= 4 is 0 Å². The van der Waals surface area contributed by atoms with Crippen molar-refractivity contribution in [2.75, 3.05) is 20.2 Å². The molecule has 1 unspecified atom stereocenters. The highest BCUT2D eigenvalue weighted by atomic mass is 19.1. The predicted octanol–water partition coefficient (Wildman–Crippen LogP) is 2.16. The summed E-state index contributed by atoms with van der Waals surface area (Å²) < 4.78 is 18.5. The molecule has 1 aromatic carbocycles. The molecule has 0 aromatic heterocycles. The van der Waals surface area contributed by atoms with Gasteiger partial charge in [0.2, 0.25) is 0 Å². The minimum atomic E-state index is -0.284. The minimum Gasteiger partial charge on any atom is -0.494 e. The molecule has 0 amide bonds. The number of hydrogen-bond acceptors (Lipinski definition) is 3. The summed E-state index contributed by atoms with van der Waals surface area (Å²) >= 11 is 0. The minimum absolute atomic E-state index is 0.284. The first-order chi connectivity index (χ1) is 9.26. The first kappa shape index (κ1) is 12.9. The van der Waals surface area contributed by atoms with Gasteiger partial charge in [0.25, 0.3) is 0 Å². The molecule has 1 N–H and O–H groups in total. The molecule has 3 rings (SSSR count). The van der Waals surface area contributed by atoms with Gasteiger partial charge in [-0.25, -0.2) is 4.39 Å². The molecule has 1 aliphatic carbocycles. The first-order valence-electron chi connectivity index (χ1n) is 7.06. The molecular weight excluding hydrogens is 243 g/mol. The zero-order chi connectivity index (χ0) is 13.2. The van der Waals surface area contributed by atoms with Gasteiger partial charge < -0.3 is 10.1 Å². The molecule has 2 aliphatic rings. The molecule has 1 heterocycles. The lowest BCUT2D eigenvalue weighted by Crippen LogP contribution is -2.32. The van der Waals surface area contributed by atoms with Gasteiger partial charge in [-0.05, 0) is 37.0 Å². The monoisotopic (exact) mass is 264 g/mol. The fraction of sp³-hybridized carbons (Fsp3) is 0.600. The SMILES string of the molecule is COc1ccc(CNC2CCN(C3CC3)C2)cc1F. The van der Waals surface area contributed by atoms with Crippen LogP contribution in [0.1, 0.15) is 24.8 Å².